The van der Waals surface area contributed by atoms with Crippen LogP contribution in [0.5, 0.6) is 0 Å². The van der Waals surface area contributed by atoms with Gasteiger partial charge in [0.15, 0.2) is 0 Å². The second-order valence-electron chi connectivity index (χ2n) is 4.29. The minimum atomic E-state index is -0.431. The van der Waals surface area contributed by atoms with E-state index in [2.05, 4.69) is 10.6 Å². The van der Waals surface area contributed by atoms with Gasteiger partial charge >= 0.3 is 0 Å². The molecule has 2 N–H and O–H groups in total. The lowest BCUT2D eigenvalue weighted by atomic mass is 10.1. The van der Waals surface area contributed by atoms with Crippen LogP contribution < -0.4 is 10.6 Å². The van der Waals surface area contributed by atoms with Gasteiger partial charge in [-0.2, -0.15) is 5.26 Å². The number of anilines is 1. The Morgan fingerprint density at radius 1 is 1.56 bits per heavy atom. The first kappa shape index (κ1) is 12.3. The number of hydrogen-bond acceptors (Lipinski definition) is 5. The summed E-state index contributed by atoms with van der Waals surface area (Å²) < 4.78 is 0. The van der Waals surface area contributed by atoms with E-state index in [9.17, 15) is 10.1 Å². The van der Waals surface area contributed by atoms with Crippen molar-refractivity contribution in [3.63, 3.8) is 0 Å². The average Bonchev–Trinajstić information content (AvgIpc) is 2.39. The van der Waals surface area contributed by atoms with Crippen LogP contribution in [0.4, 0.5) is 11.4 Å². The number of nitrogens with one attached hydrogen (secondary N) is 2. The Morgan fingerprint density at radius 3 is 3.00 bits per heavy atom. The molecular weight excluding hydrogens is 232 g/mol. The van der Waals surface area contributed by atoms with Gasteiger partial charge in [-0.3, -0.25) is 10.1 Å². The van der Waals surface area contributed by atoms with E-state index >= 15 is 0 Å². The molecule has 0 aromatic heterocycles. The molecule has 0 spiro atoms. The summed E-state index contributed by atoms with van der Waals surface area (Å²) >= 11 is 0. The number of nitrogens with zero attached hydrogens (tertiary/aromatic N) is 2. The monoisotopic (exact) mass is 246 g/mol. The van der Waals surface area contributed by atoms with Crippen LogP contribution in [0.15, 0.2) is 18.2 Å². The van der Waals surface area contributed by atoms with E-state index in [1.54, 1.807) is 0 Å². The fourth-order valence-corrected chi connectivity index (χ4v) is 2.08. The first-order valence-electron chi connectivity index (χ1n) is 5.86. The van der Waals surface area contributed by atoms with E-state index in [0.29, 0.717) is 11.3 Å². The molecule has 0 bridgehead atoms. The van der Waals surface area contributed by atoms with Crippen molar-refractivity contribution in [2.24, 2.45) is 0 Å². The molecule has 1 saturated heterocycles. The van der Waals surface area contributed by atoms with Crippen LogP contribution in [-0.4, -0.2) is 24.1 Å². The molecule has 1 aliphatic rings. The number of hydrogen-bond donors (Lipinski definition) is 2. The van der Waals surface area contributed by atoms with Crippen LogP contribution >= 0.6 is 0 Å². The quantitative estimate of drug-likeness (QED) is 0.624. The lowest BCUT2D eigenvalue weighted by Gasteiger charge is -2.24. The molecule has 6 nitrogen and oxygen atoms in total. The van der Waals surface area contributed by atoms with Gasteiger partial charge < -0.3 is 10.6 Å². The summed E-state index contributed by atoms with van der Waals surface area (Å²) in [6.45, 7) is 1.77. The molecule has 1 atom stereocenters. The lowest BCUT2D eigenvalue weighted by molar-refractivity contribution is -0.384. The molecule has 2 rings (SSSR count). The molecule has 1 aliphatic heterocycles. The third-order valence-electron chi connectivity index (χ3n) is 2.98. The van der Waals surface area contributed by atoms with Crippen molar-refractivity contribution in [2.75, 3.05) is 18.4 Å². The molecule has 0 amide bonds. The van der Waals surface area contributed by atoms with Crippen molar-refractivity contribution in [1.29, 1.82) is 5.26 Å². The summed E-state index contributed by atoms with van der Waals surface area (Å²) in [5, 5.41) is 26.2. The highest BCUT2D eigenvalue weighted by Crippen LogP contribution is 2.26. The minimum Gasteiger partial charge on any atom is -0.375 e. The summed E-state index contributed by atoms with van der Waals surface area (Å²) in [5.41, 5.74) is 0.860. The highest BCUT2D eigenvalue weighted by Gasteiger charge is 2.19. The summed E-state index contributed by atoms with van der Waals surface area (Å²) in [4.78, 5) is 10.5. The van der Waals surface area contributed by atoms with Crippen LogP contribution in [0, 0.1) is 21.4 Å². The lowest BCUT2D eigenvalue weighted by Crippen LogP contribution is -2.38. The van der Waals surface area contributed by atoms with E-state index in [1.165, 1.54) is 18.2 Å². The third-order valence-corrected chi connectivity index (χ3v) is 2.98. The van der Waals surface area contributed by atoms with Crippen molar-refractivity contribution in [2.45, 2.75) is 18.9 Å². The van der Waals surface area contributed by atoms with E-state index in [0.717, 1.165) is 25.9 Å². The van der Waals surface area contributed by atoms with E-state index in [4.69, 9.17) is 5.26 Å². The Kier molecular flexibility index (Phi) is 3.75. The first-order valence-corrected chi connectivity index (χ1v) is 5.86. The van der Waals surface area contributed by atoms with Crippen molar-refractivity contribution in [3.8, 4) is 6.07 Å². The van der Waals surface area contributed by atoms with Gasteiger partial charge in [0.2, 0.25) is 0 Å². The van der Waals surface area contributed by atoms with Gasteiger partial charge in [0.25, 0.3) is 5.69 Å². The summed E-state index contributed by atoms with van der Waals surface area (Å²) in [6.07, 6.45) is 2.02. The largest absolute Gasteiger partial charge is 0.375 e. The zero-order chi connectivity index (χ0) is 13.0. The predicted octanol–water partition coefficient (Wildman–Crippen LogP) is 1.63. The van der Waals surface area contributed by atoms with Crippen molar-refractivity contribution < 1.29 is 4.92 Å². The SMILES string of the molecule is N#Cc1ccc([N+](=O)[O-])c(NC2CCCNC2)c1. The van der Waals surface area contributed by atoms with Gasteiger partial charge in [-0.25, -0.2) is 0 Å². The predicted molar refractivity (Wildman–Crippen MR) is 67.3 cm³/mol. The Hall–Kier alpha value is -2.13. The minimum absolute atomic E-state index is 0.0135. The van der Waals surface area contributed by atoms with E-state index in [-0.39, 0.29) is 11.7 Å². The van der Waals surface area contributed by atoms with Gasteiger partial charge in [-0.15, -0.1) is 0 Å². The van der Waals surface area contributed by atoms with Gasteiger partial charge in [0.1, 0.15) is 5.69 Å². The number of nitriles is 1. The van der Waals surface area contributed by atoms with Gasteiger partial charge in [-0.05, 0) is 31.5 Å². The Bertz CT molecular complexity index is 489. The average molecular weight is 246 g/mol. The van der Waals surface area contributed by atoms with Crippen molar-refractivity contribution >= 4 is 11.4 Å². The van der Waals surface area contributed by atoms with Crippen LogP contribution in [0.1, 0.15) is 18.4 Å². The number of piperidine rings is 1. The number of rotatable bonds is 3. The fraction of sp³-hybridized carbons (Fsp3) is 0.417. The molecular formula is C12H14N4O2. The zero-order valence-electron chi connectivity index (χ0n) is 9.85. The zero-order valence-corrected chi connectivity index (χ0v) is 9.85. The molecule has 1 unspecified atom stereocenters. The van der Waals surface area contributed by atoms with Gasteiger partial charge in [0.05, 0.1) is 16.6 Å². The van der Waals surface area contributed by atoms with Crippen LogP contribution in [0.3, 0.4) is 0 Å². The molecule has 1 fully saturated rings. The summed E-state index contributed by atoms with van der Waals surface area (Å²) in [6, 6.07) is 6.53. The van der Waals surface area contributed by atoms with E-state index in [1.807, 2.05) is 6.07 Å². The molecule has 1 heterocycles. The molecule has 0 aliphatic carbocycles. The second kappa shape index (κ2) is 5.47. The molecule has 18 heavy (non-hydrogen) atoms. The normalized spacial score (nSPS) is 18.9. The van der Waals surface area contributed by atoms with Crippen LogP contribution in [0.2, 0.25) is 0 Å². The maximum Gasteiger partial charge on any atom is 0.292 e. The topological polar surface area (TPSA) is 91.0 Å². The Morgan fingerprint density at radius 2 is 2.39 bits per heavy atom. The van der Waals surface area contributed by atoms with Gasteiger partial charge in [0, 0.05) is 18.7 Å². The summed E-state index contributed by atoms with van der Waals surface area (Å²) in [5.74, 6) is 0. The molecule has 0 radical (unpaired) electrons. The maximum atomic E-state index is 10.9. The summed E-state index contributed by atoms with van der Waals surface area (Å²) in [7, 11) is 0. The highest BCUT2D eigenvalue weighted by atomic mass is 16.6. The smallest absolute Gasteiger partial charge is 0.292 e. The van der Waals surface area contributed by atoms with Crippen molar-refractivity contribution in [1.82, 2.24) is 5.32 Å². The molecule has 1 aromatic rings. The maximum absolute atomic E-state index is 10.9. The second-order valence-corrected chi connectivity index (χ2v) is 4.29. The molecule has 6 heteroatoms. The Labute approximate surface area is 105 Å². The van der Waals surface area contributed by atoms with Crippen LogP contribution in [0.25, 0.3) is 0 Å². The number of benzene rings is 1. The van der Waals surface area contributed by atoms with Crippen molar-refractivity contribution in [3.05, 3.63) is 33.9 Å². The molecule has 1 aromatic carbocycles. The first-order chi connectivity index (χ1) is 8.70. The highest BCUT2D eigenvalue weighted by molar-refractivity contribution is 5.64. The number of nitro benzene ring substituents is 1. The van der Waals surface area contributed by atoms with E-state index < -0.39 is 4.92 Å². The van der Waals surface area contributed by atoms with Crippen LogP contribution in [-0.2, 0) is 0 Å². The number of nitro groups is 1. The standard InChI is InChI=1S/C12H14N4O2/c13-7-9-3-4-12(16(17)18)11(6-9)15-10-2-1-5-14-8-10/h3-4,6,10,14-15H,1-2,5,8H2. The fourth-order valence-electron chi connectivity index (χ4n) is 2.08. The van der Waals surface area contributed by atoms with Gasteiger partial charge in [-0.1, -0.05) is 0 Å². The Balaban J connectivity index is 2.23. The molecule has 0 saturated carbocycles. The third kappa shape index (κ3) is 2.76. The molecule has 94 valence electrons.